The van der Waals surface area contributed by atoms with Crippen LogP contribution >= 0.6 is 11.3 Å². The highest BCUT2D eigenvalue weighted by Crippen LogP contribution is 2.44. The van der Waals surface area contributed by atoms with Crippen LogP contribution in [0.3, 0.4) is 0 Å². The zero-order chi connectivity index (χ0) is 26.9. The number of carbonyl (C=O) groups excluding carboxylic acids is 3. The first-order chi connectivity index (χ1) is 17.7. The van der Waals surface area contributed by atoms with Crippen molar-refractivity contribution in [2.75, 3.05) is 18.6 Å². The Morgan fingerprint density at radius 2 is 1.86 bits per heavy atom. The van der Waals surface area contributed by atoms with Crippen molar-refractivity contribution in [1.82, 2.24) is 4.98 Å². The van der Waals surface area contributed by atoms with Gasteiger partial charge in [0.15, 0.2) is 5.13 Å². The molecule has 1 N–H and O–H groups in total. The Morgan fingerprint density at radius 3 is 2.49 bits per heavy atom. The maximum atomic E-state index is 13.4. The molecule has 1 atom stereocenters. The number of anilines is 1. The largest absolute Gasteiger partial charge is 0.507 e. The zero-order valence-corrected chi connectivity index (χ0v) is 22.1. The molecule has 192 valence electrons. The van der Waals surface area contributed by atoms with Gasteiger partial charge in [0.1, 0.15) is 16.4 Å². The van der Waals surface area contributed by atoms with E-state index in [0.717, 1.165) is 16.9 Å². The van der Waals surface area contributed by atoms with Crippen molar-refractivity contribution in [3.63, 3.8) is 0 Å². The maximum absolute atomic E-state index is 13.4. The van der Waals surface area contributed by atoms with E-state index in [-0.39, 0.29) is 33.9 Å². The molecule has 8 nitrogen and oxygen atoms in total. The minimum absolute atomic E-state index is 0.0684. The molecule has 0 spiro atoms. The van der Waals surface area contributed by atoms with Gasteiger partial charge in [-0.15, -0.1) is 0 Å². The van der Waals surface area contributed by atoms with Gasteiger partial charge >= 0.3 is 11.9 Å². The lowest BCUT2D eigenvalue weighted by Gasteiger charge is -2.23. The molecule has 0 aliphatic carbocycles. The number of thiazole rings is 1. The first-order valence-electron chi connectivity index (χ1n) is 11.9. The smallest absolute Gasteiger partial charge is 0.350 e. The number of ketones is 1. The third-order valence-corrected chi connectivity index (χ3v) is 7.30. The van der Waals surface area contributed by atoms with Gasteiger partial charge in [-0.25, -0.2) is 9.78 Å². The summed E-state index contributed by atoms with van der Waals surface area (Å²) in [5.74, 6) is -1.78. The highest BCUT2D eigenvalue weighted by atomic mass is 32.1. The fourth-order valence-corrected chi connectivity index (χ4v) is 5.19. The molecule has 1 unspecified atom stereocenters. The number of esters is 1. The number of carbonyl (C=O) groups is 3. The number of hydrogen-bond acceptors (Lipinski definition) is 8. The molecule has 0 bridgehead atoms. The first kappa shape index (κ1) is 26.1. The Labute approximate surface area is 219 Å². The molecule has 3 aromatic rings. The number of aryl methyl sites for hydroxylation is 1. The van der Waals surface area contributed by atoms with Crippen molar-refractivity contribution in [2.45, 2.75) is 39.7 Å². The minimum Gasteiger partial charge on any atom is -0.507 e. The third-order valence-electron chi connectivity index (χ3n) is 6.16. The van der Waals surface area contributed by atoms with E-state index in [1.165, 1.54) is 12.0 Å². The topological polar surface area (TPSA) is 106 Å². The molecule has 37 heavy (non-hydrogen) atoms. The highest BCUT2D eigenvalue weighted by Gasteiger charge is 2.48. The van der Waals surface area contributed by atoms with Gasteiger partial charge in [-0.2, -0.15) is 0 Å². The zero-order valence-electron chi connectivity index (χ0n) is 21.3. The standard InChI is InChI=1S/C28H28N2O6S/c1-6-36-27(34)25-16(4)29-28(37-25)30-22(18-12-10-17(11-13-18)15(2)3)21(24(32)26(30)33)23(31)19-8-7-9-20(14-19)35-5/h7-15,22,31H,6H2,1-5H3/b23-21+. The average Bonchev–Trinajstić information content (AvgIpc) is 3.40. The van der Waals surface area contributed by atoms with Crippen LogP contribution in [0.2, 0.25) is 0 Å². The number of aliphatic hydroxyl groups excluding tert-OH is 1. The van der Waals surface area contributed by atoms with Crippen LogP contribution in [0.15, 0.2) is 54.1 Å². The van der Waals surface area contributed by atoms with Gasteiger partial charge in [0.2, 0.25) is 0 Å². The van der Waals surface area contributed by atoms with Crippen LogP contribution in [0.1, 0.15) is 64.8 Å². The predicted molar refractivity (Wildman–Crippen MR) is 141 cm³/mol. The van der Waals surface area contributed by atoms with E-state index < -0.39 is 23.7 Å². The van der Waals surface area contributed by atoms with Crippen molar-refractivity contribution in [1.29, 1.82) is 0 Å². The first-order valence-corrected chi connectivity index (χ1v) is 12.7. The number of ether oxygens (including phenoxy) is 2. The lowest BCUT2D eigenvalue weighted by atomic mass is 9.93. The summed E-state index contributed by atoms with van der Waals surface area (Å²) >= 11 is 0.976. The number of rotatable bonds is 7. The van der Waals surface area contributed by atoms with Gasteiger partial charge in [-0.1, -0.05) is 61.6 Å². The van der Waals surface area contributed by atoms with E-state index in [2.05, 4.69) is 18.8 Å². The van der Waals surface area contributed by atoms with Gasteiger partial charge in [-0.05, 0) is 43.0 Å². The molecule has 1 fully saturated rings. The van der Waals surface area contributed by atoms with E-state index >= 15 is 0 Å². The summed E-state index contributed by atoms with van der Waals surface area (Å²) in [7, 11) is 1.50. The fraction of sp³-hybridized carbons (Fsp3) is 0.286. The van der Waals surface area contributed by atoms with Gasteiger partial charge in [-0.3, -0.25) is 14.5 Å². The Morgan fingerprint density at radius 1 is 1.16 bits per heavy atom. The number of methoxy groups -OCH3 is 1. The second-order valence-corrected chi connectivity index (χ2v) is 9.83. The lowest BCUT2D eigenvalue weighted by molar-refractivity contribution is -0.132. The number of benzene rings is 2. The number of nitrogens with zero attached hydrogens (tertiary/aromatic N) is 2. The number of hydrogen-bond donors (Lipinski definition) is 1. The number of amides is 1. The summed E-state index contributed by atoms with van der Waals surface area (Å²) in [6.07, 6.45) is 0. The van der Waals surface area contributed by atoms with Crippen molar-refractivity contribution in [3.8, 4) is 5.75 Å². The predicted octanol–water partition coefficient (Wildman–Crippen LogP) is 5.39. The van der Waals surface area contributed by atoms with Gasteiger partial charge in [0.05, 0.1) is 31.0 Å². The molecular formula is C28H28N2O6S. The summed E-state index contributed by atoms with van der Waals surface area (Å²) in [4.78, 5) is 45.2. The fourth-order valence-electron chi connectivity index (χ4n) is 4.21. The molecule has 0 saturated carbocycles. The van der Waals surface area contributed by atoms with Crippen LogP contribution in [-0.4, -0.2) is 41.5 Å². The van der Waals surface area contributed by atoms with Crippen molar-refractivity contribution >= 4 is 39.9 Å². The molecule has 9 heteroatoms. The Kier molecular flexibility index (Phi) is 7.45. The Bertz CT molecular complexity index is 1390. The molecule has 4 rings (SSSR count). The Hall–Kier alpha value is -3.98. The second-order valence-electron chi connectivity index (χ2n) is 8.85. The normalized spacial score (nSPS) is 16.9. The molecule has 0 radical (unpaired) electrons. The van der Waals surface area contributed by atoms with Crippen molar-refractivity contribution < 1.29 is 29.0 Å². The summed E-state index contributed by atoms with van der Waals surface area (Å²) in [5, 5.41) is 11.5. The SMILES string of the molecule is CCOC(=O)c1sc(N2C(=O)C(=O)/C(=C(/O)c3cccc(OC)c3)C2c2ccc(C(C)C)cc2)nc1C. The van der Waals surface area contributed by atoms with E-state index in [1.54, 1.807) is 38.1 Å². The number of aromatic nitrogens is 1. The van der Waals surface area contributed by atoms with Crippen LogP contribution in [0, 0.1) is 6.92 Å². The highest BCUT2D eigenvalue weighted by molar-refractivity contribution is 7.17. The van der Waals surface area contributed by atoms with Crippen molar-refractivity contribution in [2.24, 2.45) is 0 Å². The summed E-state index contributed by atoms with van der Waals surface area (Å²) in [5.41, 5.74) is 2.37. The van der Waals surface area contributed by atoms with Crippen molar-refractivity contribution in [3.05, 3.63) is 81.4 Å². The number of aliphatic hydroxyl groups is 1. The summed E-state index contributed by atoms with van der Waals surface area (Å²) in [6.45, 7) is 7.68. The van der Waals surface area contributed by atoms with Crippen LogP contribution in [0.25, 0.3) is 5.76 Å². The molecule has 1 saturated heterocycles. The van der Waals surface area contributed by atoms with E-state index in [1.807, 2.05) is 24.3 Å². The lowest BCUT2D eigenvalue weighted by Crippen LogP contribution is -2.29. The molecule has 2 aromatic carbocycles. The second kappa shape index (κ2) is 10.6. The van der Waals surface area contributed by atoms with Crippen LogP contribution in [-0.2, 0) is 14.3 Å². The summed E-state index contributed by atoms with van der Waals surface area (Å²) < 4.78 is 10.4. The van der Waals surface area contributed by atoms with E-state index in [9.17, 15) is 19.5 Å². The average molecular weight is 521 g/mol. The van der Waals surface area contributed by atoms with Gasteiger partial charge < -0.3 is 14.6 Å². The van der Waals surface area contributed by atoms with E-state index in [0.29, 0.717) is 22.6 Å². The monoisotopic (exact) mass is 520 g/mol. The molecule has 2 heterocycles. The number of Topliss-reactive ketones (excluding diaryl/α,β-unsaturated/α-hetero) is 1. The molecule has 1 aliphatic heterocycles. The molecule has 1 aliphatic rings. The van der Waals surface area contributed by atoms with Crippen LogP contribution in [0.4, 0.5) is 5.13 Å². The Balaban J connectivity index is 1.91. The summed E-state index contributed by atoms with van der Waals surface area (Å²) in [6, 6.07) is 13.2. The van der Waals surface area contributed by atoms with E-state index in [4.69, 9.17) is 9.47 Å². The van der Waals surface area contributed by atoms with Gasteiger partial charge in [0, 0.05) is 5.56 Å². The molecule has 1 amide bonds. The maximum Gasteiger partial charge on any atom is 0.350 e. The third kappa shape index (κ3) is 4.86. The molecule has 1 aromatic heterocycles. The van der Waals surface area contributed by atoms with Crippen LogP contribution < -0.4 is 9.64 Å². The quantitative estimate of drug-likeness (QED) is 0.193. The van der Waals surface area contributed by atoms with Gasteiger partial charge in [0.25, 0.3) is 5.78 Å². The minimum atomic E-state index is -0.951. The van der Waals surface area contributed by atoms with Crippen LogP contribution in [0.5, 0.6) is 5.75 Å². The molecular weight excluding hydrogens is 492 g/mol.